The second kappa shape index (κ2) is 15.7. The van der Waals surface area contributed by atoms with Crippen LogP contribution < -0.4 is 10.0 Å². The molecule has 5 rings (SSSR count). The molecular weight excluding hydrogens is 647 g/mol. The highest BCUT2D eigenvalue weighted by atomic mass is 32.2. The molecule has 2 N–H and O–H groups in total. The number of carbonyl (C=O) groups excluding carboxylic acids is 3. The molecule has 0 aliphatic carbocycles. The lowest BCUT2D eigenvalue weighted by molar-refractivity contribution is -0.143. The molecule has 4 aromatic carbocycles. The van der Waals surface area contributed by atoms with E-state index in [-0.39, 0.29) is 29.6 Å². The van der Waals surface area contributed by atoms with Crippen molar-refractivity contribution in [2.45, 2.75) is 44.4 Å². The van der Waals surface area contributed by atoms with Crippen molar-refractivity contribution in [3.8, 4) is 11.1 Å². The first-order valence-corrected chi connectivity index (χ1v) is 17.7. The predicted octanol–water partition coefficient (Wildman–Crippen LogP) is 6.49. The number of esters is 1. The molecule has 0 atom stereocenters. The van der Waals surface area contributed by atoms with Crippen molar-refractivity contribution in [2.24, 2.45) is 4.99 Å². The average Bonchev–Trinajstić information content (AvgIpc) is 3.40. The van der Waals surface area contributed by atoms with E-state index in [2.05, 4.69) is 22.0 Å². The molecule has 4 aromatic rings. The van der Waals surface area contributed by atoms with E-state index in [0.29, 0.717) is 27.9 Å². The summed E-state index contributed by atoms with van der Waals surface area (Å²) in [6.07, 6.45) is 3.76. The third-order valence-corrected chi connectivity index (χ3v) is 9.67. The number of amidine groups is 1. The van der Waals surface area contributed by atoms with Crippen LogP contribution in [0.15, 0.2) is 112 Å². The van der Waals surface area contributed by atoms with Gasteiger partial charge in [0.05, 0.1) is 34.9 Å². The third-order valence-electron chi connectivity index (χ3n) is 7.37. The minimum absolute atomic E-state index is 0.0235. The zero-order valence-corrected chi connectivity index (χ0v) is 28.2. The van der Waals surface area contributed by atoms with Gasteiger partial charge in [-0.25, -0.2) is 18.1 Å². The number of hydrogen-bond donors (Lipinski definition) is 2. The number of aryl methyl sites for hydroxylation is 1. The summed E-state index contributed by atoms with van der Waals surface area (Å²) in [6.45, 7) is 4.35. The SMILES string of the molecule is CCCCOC(=O)Cc1ccc(-c2ccc(C=C3SC(=Nc4ccc(CC(=O)NS(=O)(=O)c5ccc(C)cc5)cc4)NC3=O)cc2)cc1. The van der Waals surface area contributed by atoms with Crippen molar-refractivity contribution in [1.82, 2.24) is 10.0 Å². The van der Waals surface area contributed by atoms with Gasteiger partial charge in [0.25, 0.3) is 15.9 Å². The zero-order chi connectivity index (χ0) is 34.1. The van der Waals surface area contributed by atoms with Crippen molar-refractivity contribution in [3.05, 3.63) is 124 Å². The molecule has 0 spiro atoms. The van der Waals surface area contributed by atoms with Crippen LogP contribution in [0, 0.1) is 6.92 Å². The number of sulfonamides is 1. The number of ether oxygens (including phenoxy) is 1. The van der Waals surface area contributed by atoms with Gasteiger partial charge in [-0.3, -0.25) is 14.4 Å². The molecule has 11 heteroatoms. The van der Waals surface area contributed by atoms with E-state index >= 15 is 0 Å². The molecular formula is C37H35N3O6S2. The Bertz CT molecular complexity index is 1950. The first-order chi connectivity index (χ1) is 23.1. The molecule has 0 aromatic heterocycles. The summed E-state index contributed by atoms with van der Waals surface area (Å²) in [6, 6.07) is 28.6. The van der Waals surface area contributed by atoms with Crippen LogP contribution in [0.2, 0.25) is 0 Å². The van der Waals surface area contributed by atoms with Gasteiger partial charge in [0.1, 0.15) is 0 Å². The Labute approximate surface area is 284 Å². The van der Waals surface area contributed by atoms with Crippen LogP contribution in [-0.2, 0) is 42.0 Å². The number of benzene rings is 4. The van der Waals surface area contributed by atoms with Crippen molar-refractivity contribution in [2.75, 3.05) is 6.61 Å². The largest absolute Gasteiger partial charge is 0.465 e. The van der Waals surface area contributed by atoms with Crippen LogP contribution in [0.4, 0.5) is 5.69 Å². The van der Waals surface area contributed by atoms with Gasteiger partial charge in [-0.1, -0.05) is 91.7 Å². The van der Waals surface area contributed by atoms with E-state index < -0.39 is 15.9 Å². The van der Waals surface area contributed by atoms with Gasteiger partial charge in [0, 0.05) is 0 Å². The van der Waals surface area contributed by atoms with Crippen LogP contribution in [0.1, 0.15) is 42.0 Å². The Kier molecular flexibility index (Phi) is 11.3. The summed E-state index contributed by atoms with van der Waals surface area (Å²) in [4.78, 5) is 42.1. The fourth-order valence-electron chi connectivity index (χ4n) is 4.72. The molecule has 246 valence electrons. The summed E-state index contributed by atoms with van der Waals surface area (Å²) >= 11 is 1.22. The standard InChI is InChI=1S/C37H35N3O6S2/c1-3-4-21-46-35(42)24-28-9-15-30(16-10-28)29-13-7-26(8-14-29)22-33-36(43)39-37(47-33)38-31-17-11-27(12-18-31)23-34(41)40-48(44,45)32-19-5-25(2)6-20-32/h5-20,22H,3-4,21,23-24H2,1-2H3,(H,40,41)(H,38,39,43). The first-order valence-electron chi connectivity index (χ1n) is 15.4. The maximum absolute atomic E-state index is 12.7. The van der Waals surface area contributed by atoms with E-state index in [1.165, 1.54) is 23.9 Å². The second-order valence-corrected chi connectivity index (χ2v) is 13.9. The number of rotatable bonds is 12. The number of nitrogens with zero attached hydrogens (tertiary/aromatic N) is 1. The monoisotopic (exact) mass is 681 g/mol. The van der Waals surface area contributed by atoms with E-state index in [0.717, 1.165) is 40.7 Å². The maximum Gasteiger partial charge on any atom is 0.310 e. The Morgan fingerprint density at radius 2 is 1.46 bits per heavy atom. The smallest absolute Gasteiger partial charge is 0.310 e. The molecule has 1 aliphatic rings. The number of aliphatic imine (C=N–C) groups is 1. The van der Waals surface area contributed by atoms with Gasteiger partial charge in [0.2, 0.25) is 5.91 Å². The van der Waals surface area contributed by atoms with Gasteiger partial charge in [-0.05, 0) is 83.3 Å². The lowest BCUT2D eigenvalue weighted by Gasteiger charge is -2.07. The fourth-order valence-corrected chi connectivity index (χ4v) is 6.55. The quantitative estimate of drug-likeness (QED) is 0.0994. The minimum atomic E-state index is -3.96. The van der Waals surface area contributed by atoms with Gasteiger partial charge >= 0.3 is 5.97 Å². The van der Waals surface area contributed by atoms with E-state index in [4.69, 9.17) is 4.74 Å². The van der Waals surface area contributed by atoms with Crippen LogP contribution in [0.5, 0.6) is 0 Å². The van der Waals surface area contributed by atoms with Crippen molar-refractivity contribution < 1.29 is 27.5 Å². The number of thioether (sulfide) groups is 1. The summed E-state index contributed by atoms with van der Waals surface area (Å²) in [7, 11) is -3.96. The molecule has 0 saturated carbocycles. The average molecular weight is 682 g/mol. The molecule has 1 aliphatic heterocycles. The summed E-state index contributed by atoms with van der Waals surface area (Å²) < 4.78 is 32.3. The number of carbonyl (C=O) groups is 3. The van der Waals surface area contributed by atoms with Crippen LogP contribution in [0.25, 0.3) is 17.2 Å². The van der Waals surface area contributed by atoms with Gasteiger partial charge in [-0.2, -0.15) is 0 Å². The molecule has 1 fully saturated rings. The molecule has 1 saturated heterocycles. The lowest BCUT2D eigenvalue weighted by Crippen LogP contribution is -2.31. The molecule has 48 heavy (non-hydrogen) atoms. The Morgan fingerprint density at radius 1 is 0.854 bits per heavy atom. The summed E-state index contributed by atoms with van der Waals surface area (Å²) in [5.74, 6) is -1.12. The van der Waals surface area contributed by atoms with Crippen molar-refractivity contribution in [1.29, 1.82) is 0 Å². The molecule has 0 bridgehead atoms. The van der Waals surface area contributed by atoms with E-state index in [1.54, 1.807) is 42.5 Å². The Balaban J connectivity index is 1.15. The molecule has 0 unspecified atom stereocenters. The van der Waals surface area contributed by atoms with Crippen LogP contribution in [-0.4, -0.2) is 38.0 Å². The Hall–Kier alpha value is -5.00. The number of nitrogens with one attached hydrogen (secondary N) is 2. The van der Waals surface area contributed by atoms with Gasteiger partial charge < -0.3 is 10.1 Å². The molecule has 9 nitrogen and oxygen atoms in total. The lowest BCUT2D eigenvalue weighted by atomic mass is 10.0. The van der Waals surface area contributed by atoms with Crippen LogP contribution >= 0.6 is 11.8 Å². The van der Waals surface area contributed by atoms with Gasteiger partial charge in [0.15, 0.2) is 5.17 Å². The second-order valence-electron chi connectivity index (χ2n) is 11.2. The topological polar surface area (TPSA) is 131 Å². The minimum Gasteiger partial charge on any atom is -0.465 e. The number of amides is 2. The Morgan fingerprint density at radius 3 is 2.10 bits per heavy atom. The fraction of sp³-hybridized carbons (Fsp3) is 0.189. The molecule has 0 radical (unpaired) electrons. The number of unbranched alkanes of at least 4 members (excludes halogenated alkanes) is 1. The summed E-state index contributed by atoms with van der Waals surface area (Å²) in [5, 5.41) is 3.20. The zero-order valence-electron chi connectivity index (χ0n) is 26.6. The maximum atomic E-state index is 12.7. The van der Waals surface area contributed by atoms with Crippen molar-refractivity contribution in [3.63, 3.8) is 0 Å². The normalized spacial score (nSPS) is 14.6. The van der Waals surface area contributed by atoms with E-state index in [1.807, 2.05) is 55.5 Å². The predicted molar refractivity (Wildman–Crippen MR) is 189 cm³/mol. The summed E-state index contributed by atoms with van der Waals surface area (Å²) in [5.41, 5.74) is 5.87. The highest BCUT2D eigenvalue weighted by Gasteiger charge is 2.24. The molecule has 1 heterocycles. The van der Waals surface area contributed by atoms with Crippen LogP contribution in [0.3, 0.4) is 0 Å². The highest BCUT2D eigenvalue weighted by molar-refractivity contribution is 8.18. The number of hydrogen-bond acceptors (Lipinski definition) is 8. The molecule has 2 amide bonds. The van der Waals surface area contributed by atoms with Gasteiger partial charge in [-0.15, -0.1) is 0 Å². The first kappa shape index (κ1) is 34.3. The van der Waals surface area contributed by atoms with E-state index in [9.17, 15) is 22.8 Å². The van der Waals surface area contributed by atoms with Crippen molar-refractivity contribution >= 4 is 56.5 Å². The highest BCUT2D eigenvalue weighted by Crippen LogP contribution is 2.29. The third kappa shape index (κ3) is 9.52.